The zero-order valence-corrected chi connectivity index (χ0v) is 16.1. The van der Waals surface area contributed by atoms with Gasteiger partial charge in [-0.05, 0) is 44.6 Å². The molecule has 1 aromatic carbocycles. The zero-order chi connectivity index (χ0) is 18.6. The first-order valence-electron chi connectivity index (χ1n) is 9.41. The number of aryl methyl sites for hydroxylation is 1. The molecule has 0 bridgehead atoms. The molecular weight excluding hydrogens is 328 g/mol. The van der Waals surface area contributed by atoms with Crippen molar-refractivity contribution in [2.24, 2.45) is 7.05 Å². The van der Waals surface area contributed by atoms with E-state index >= 15 is 0 Å². The number of aliphatic hydroxyl groups is 1. The van der Waals surface area contributed by atoms with E-state index in [0.717, 1.165) is 43.7 Å². The van der Waals surface area contributed by atoms with Crippen LogP contribution < -0.4 is 4.74 Å². The van der Waals surface area contributed by atoms with Crippen LogP contribution in [0, 0.1) is 0 Å². The Morgan fingerprint density at radius 2 is 1.88 bits per heavy atom. The molecule has 6 heteroatoms. The van der Waals surface area contributed by atoms with Crippen LogP contribution in [0.3, 0.4) is 0 Å². The summed E-state index contributed by atoms with van der Waals surface area (Å²) in [5.74, 6) is 0.922. The van der Waals surface area contributed by atoms with Gasteiger partial charge in [0, 0.05) is 19.5 Å². The van der Waals surface area contributed by atoms with Crippen LogP contribution in [0.2, 0.25) is 0 Å². The van der Waals surface area contributed by atoms with Gasteiger partial charge in [0.25, 0.3) is 0 Å². The van der Waals surface area contributed by atoms with E-state index in [2.05, 4.69) is 41.3 Å². The van der Waals surface area contributed by atoms with Crippen LogP contribution >= 0.6 is 0 Å². The monoisotopic (exact) mass is 358 g/mol. The second kappa shape index (κ2) is 8.18. The first kappa shape index (κ1) is 18.9. The van der Waals surface area contributed by atoms with Gasteiger partial charge in [-0.25, -0.2) is 0 Å². The summed E-state index contributed by atoms with van der Waals surface area (Å²) in [6.07, 6.45) is 6.93. The molecule has 1 unspecified atom stereocenters. The maximum Gasteiger partial charge on any atom is 0.134 e. The first-order valence-corrected chi connectivity index (χ1v) is 9.41. The van der Waals surface area contributed by atoms with Crippen LogP contribution in [0.25, 0.3) is 0 Å². The third kappa shape index (κ3) is 4.62. The normalized spacial score (nSPS) is 18.0. The van der Waals surface area contributed by atoms with E-state index in [0.29, 0.717) is 6.61 Å². The number of likely N-dealkylation sites (N-methyl/N-ethyl adjacent to an activating group) is 1. The third-order valence-corrected chi connectivity index (χ3v) is 5.23. The van der Waals surface area contributed by atoms with E-state index in [-0.39, 0.29) is 5.92 Å². The molecule has 1 heterocycles. The fourth-order valence-corrected chi connectivity index (χ4v) is 3.87. The minimum absolute atomic E-state index is 0.117. The van der Waals surface area contributed by atoms with E-state index in [4.69, 9.17) is 4.74 Å². The molecule has 1 aliphatic rings. The summed E-state index contributed by atoms with van der Waals surface area (Å²) in [5.41, 5.74) is 1.37. The average molecular weight is 358 g/mol. The Bertz CT molecular complexity index is 690. The molecule has 142 valence electrons. The molecule has 0 amide bonds. The quantitative estimate of drug-likeness (QED) is 0.824. The van der Waals surface area contributed by atoms with Gasteiger partial charge in [0.2, 0.25) is 0 Å². The summed E-state index contributed by atoms with van der Waals surface area (Å²) in [6.45, 7) is 1.24. The van der Waals surface area contributed by atoms with Crippen molar-refractivity contribution in [3.63, 3.8) is 0 Å². The smallest absolute Gasteiger partial charge is 0.134 e. The number of aromatic nitrogens is 3. The second-order valence-corrected chi connectivity index (χ2v) is 7.66. The summed E-state index contributed by atoms with van der Waals surface area (Å²) in [7, 11) is 5.92. The molecule has 3 rings (SSSR count). The number of hydrogen-bond acceptors (Lipinski definition) is 5. The van der Waals surface area contributed by atoms with Crippen LogP contribution in [-0.4, -0.2) is 51.2 Å². The van der Waals surface area contributed by atoms with Crippen molar-refractivity contribution in [2.45, 2.75) is 50.2 Å². The minimum atomic E-state index is -0.607. The van der Waals surface area contributed by atoms with Crippen LogP contribution in [0.5, 0.6) is 5.75 Å². The zero-order valence-electron chi connectivity index (χ0n) is 16.1. The van der Waals surface area contributed by atoms with Crippen molar-refractivity contribution in [3.05, 3.63) is 41.7 Å². The second-order valence-electron chi connectivity index (χ2n) is 7.66. The lowest BCUT2D eigenvalue weighted by Crippen LogP contribution is -2.42. The maximum absolute atomic E-state index is 11.3. The fraction of sp³-hybridized carbons (Fsp3) is 0.600. The van der Waals surface area contributed by atoms with Crippen molar-refractivity contribution < 1.29 is 9.84 Å². The third-order valence-electron chi connectivity index (χ3n) is 5.23. The predicted molar refractivity (Wildman–Crippen MR) is 101 cm³/mol. The predicted octanol–water partition coefficient (Wildman–Crippen LogP) is 2.73. The Kier molecular flexibility index (Phi) is 5.94. The van der Waals surface area contributed by atoms with E-state index < -0.39 is 5.60 Å². The van der Waals surface area contributed by atoms with Crippen LogP contribution in [0.1, 0.15) is 49.3 Å². The van der Waals surface area contributed by atoms with Gasteiger partial charge in [0.15, 0.2) is 0 Å². The molecule has 1 N–H and O–H groups in total. The molecular formula is C20H30N4O2. The Labute approximate surface area is 155 Å². The fourth-order valence-electron chi connectivity index (χ4n) is 3.87. The summed E-state index contributed by atoms with van der Waals surface area (Å²) < 4.78 is 5.80. The Morgan fingerprint density at radius 1 is 1.19 bits per heavy atom. The van der Waals surface area contributed by atoms with Crippen LogP contribution in [0.15, 0.2) is 30.5 Å². The average Bonchev–Trinajstić information content (AvgIpc) is 3.04. The molecule has 0 saturated heterocycles. The molecule has 0 spiro atoms. The van der Waals surface area contributed by atoms with Crippen LogP contribution in [-0.2, 0) is 13.7 Å². The van der Waals surface area contributed by atoms with Gasteiger partial charge >= 0.3 is 0 Å². The molecule has 0 radical (unpaired) electrons. The van der Waals surface area contributed by atoms with Gasteiger partial charge in [-0.3, -0.25) is 0 Å². The molecule has 1 atom stereocenters. The standard InChI is InChI=1S/C20H30N4O2/c1-23(2)14-19(20(25)11-5-4-6-12-20)16-7-9-18(10-8-16)26-15-17-13-21-24(3)22-17/h7-10,13,19,25H,4-6,11-12,14-15H2,1-3H3. The van der Waals surface area contributed by atoms with Crippen LogP contribution in [0.4, 0.5) is 0 Å². The lowest BCUT2D eigenvalue weighted by Gasteiger charge is -2.40. The van der Waals surface area contributed by atoms with E-state index in [1.54, 1.807) is 13.2 Å². The van der Waals surface area contributed by atoms with Gasteiger partial charge < -0.3 is 14.7 Å². The maximum atomic E-state index is 11.3. The lowest BCUT2D eigenvalue weighted by atomic mass is 9.72. The number of hydrogen-bond donors (Lipinski definition) is 1. The van der Waals surface area contributed by atoms with E-state index in [9.17, 15) is 5.11 Å². The molecule has 1 aromatic heterocycles. The summed E-state index contributed by atoms with van der Waals surface area (Å²) in [5, 5.41) is 19.5. The van der Waals surface area contributed by atoms with Gasteiger partial charge in [-0.2, -0.15) is 15.0 Å². The van der Waals surface area contributed by atoms with Gasteiger partial charge in [-0.1, -0.05) is 31.4 Å². The van der Waals surface area contributed by atoms with Crippen molar-refractivity contribution in [1.29, 1.82) is 0 Å². The molecule has 0 aliphatic heterocycles. The van der Waals surface area contributed by atoms with E-state index in [1.807, 2.05) is 12.1 Å². The van der Waals surface area contributed by atoms with E-state index in [1.165, 1.54) is 16.8 Å². The number of benzene rings is 1. The van der Waals surface area contributed by atoms with Crippen molar-refractivity contribution in [1.82, 2.24) is 19.9 Å². The molecule has 6 nitrogen and oxygen atoms in total. The Morgan fingerprint density at radius 3 is 2.46 bits per heavy atom. The molecule has 1 fully saturated rings. The Balaban J connectivity index is 1.70. The Hall–Kier alpha value is -1.92. The molecule has 26 heavy (non-hydrogen) atoms. The first-order chi connectivity index (χ1) is 12.5. The summed E-state index contributed by atoms with van der Waals surface area (Å²) in [6, 6.07) is 8.15. The highest BCUT2D eigenvalue weighted by atomic mass is 16.5. The molecule has 1 aliphatic carbocycles. The van der Waals surface area contributed by atoms with Crippen molar-refractivity contribution in [3.8, 4) is 5.75 Å². The molecule has 2 aromatic rings. The minimum Gasteiger partial charge on any atom is -0.487 e. The topological polar surface area (TPSA) is 63.4 Å². The molecule has 1 saturated carbocycles. The number of rotatable bonds is 7. The van der Waals surface area contributed by atoms with Gasteiger partial charge in [0.1, 0.15) is 18.1 Å². The highest BCUT2D eigenvalue weighted by Crippen LogP contribution is 2.40. The van der Waals surface area contributed by atoms with Crippen molar-refractivity contribution >= 4 is 0 Å². The highest BCUT2D eigenvalue weighted by Gasteiger charge is 2.38. The van der Waals surface area contributed by atoms with Gasteiger partial charge in [0.05, 0.1) is 11.8 Å². The highest BCUT2D eigenvalue weighted by molar-refractivity contribution is 5.31. The SMILES string of the molecule is CN(C)CC(c1ccc(OCc2cnn(C)n2)cc1)C1(O)CCCCC1. The lowest BCUT2D eigenvalue weighted by molar-refractivity contribution is -0.0277. The van der Waals surface area contributed by atoms with Gasteiger partial charge in [-0.15, -0.1) is 0 Å². The number of ether oxygens (including phenoxy) is 1. The van der Waals surface area contributed by atoms with Crippen molar-refractivity contribution in [2.75, 3.05) is 20.6 Å². The summed E-state index contributed by atoms with van der Waals surface area (Å²) >= 11 is 0. The number of nitrogens with zero attached hydrogens (tertiary/aromatic N) is 4. The largest absolute Gasteiger partial charge is 0.487 e. The summed E-state index contributed by atoms with van der Waals surface area (Å²) in [4.78, 5) is 3.69.